The lowest BCUT2D eigenvalue weighted by Gasteiger charge is -2.03. The van der Waals surface area contributed by atoms with Gasteiger partial charge in [0.15, 0.2) is 11.7 Å². The molecule has 11 heteroatoms. The van der Waals surface area contributed by atoms with Gasteiger partial charge in [0.2, 0.25) is 0 Å². The van der Waals surface area contributed by atoms with Gasteiger partial charge in [-0.05, 0) is 12.1 Å². The molecule has 35 heavy (non-hydrogen) atoms. The third kappa shape index (κ3) is 8.09. The molecule has 1 aromatic heterocycles. The van der Waals surface area contributed by atoms with Crippen LogP contribution in [0.2, 0.25) is 0 Å². The Morgan fingerprint density at radius 3 is 1.34 bits per heavy atom. The van der Waals surface area contributed by atoms with Crippen molar-refractivity contribution < 1.29 is 33.9 Å². The summed E-state index contributed by atoms with van der Waals surface area (Å²) in [5.41, 5.74) is 15.0. The molecule has 182 valence electrons. The Bertz CT molecular complexity index is 1130. The quantitative estimate of drug-likeness (QED) is 0.163. The van der Waals surface area contributed by atoms with Gasteiger partial charge >= 0.3 is 11.9 Å². The third-order valence-electron chi connectivity index (χ3n) is 4.28. The molecule has 0 aliphatic rings. The van der Waals surface area contributed by atoms with E-state index < -0.39 is 11.9 Å². The van der Waals surface area contributed by atoms with Crippen LogP contribution in [0.5, 0.6) is 0 Å². The summed E-state index contributed by atoms with van der Waals surface area (Å²) in [7, 11) is 2.91. The van der Waals surface area contributed by atoms with Gasteiger partial charge in [0.25, 0.3) is 0 Å². The van der Waals surface area contributed by atoms with Crippen molar-refractivity contribution in [2.75, 3.05) is 14.2 Å². The highest BCUT2D eigenvalue weighted by atomic mass is 16.6. The lowest BCUT2D eigenvalue weighted by molar-refractivity contribution is -0.134. The predicted octanol–water partition coefficient (Wildman–Crippen LogP) is 2.86. The highest BCUT2D eigenvalue weighted by Crippen LogP contribution is 2.28. The Hall–Kier alpha value is -5.06. The lowest BCUT2D eigenvalue weighted by Crippen LogP contribution is -2.13. The number of nitrogens with zero attached hydrogens (tertiary/aromatic N) is 2. The maximum absolute atomic E-state index is 9.55. The van der Waals surface area contributed by atoms with Gasteiger partial charge in [-0.2, -0.15) is 0 Å². The molecule has 0 aliphatic carbocycles. The first-order chi connectivity index (χ1) is 16.7. The lowest BCUT2D eigenvalue weighted by atomic mass is 10.1. The molecule has 0 fully saturated rings. The van der Waals surface area contributed by atoms with E-state index in [9.17, 15) is 9.59 Å². The Labute approximate surface area is 200 Å². The van der Waals surface area contributed by atoms with Crippen molar-refractivity contribution in [1.29, 1.82) is 0 Å². The van der Waals surface area contributed by atoms with Gasteiger partial charge < -0.3 is 35.8 Å². The molecule has 0 bridgehead atoms. The van der Waals surface area contributed by atoms with Gasteiger partial charge in [-0.1, -0.05) is 58.8 Å². The molecule has 0 aliphatic heterocycles. The minimum atomic E-state index is -1.26. The number of carboxylic acid groups (broad SMARTS) is 2. The summed E-state index contributed by atoms with van der Waals surface area (Å²) in [6.07, 6.45) is 1.12. The SMILES string of the molecule is CO/N=C(\N)c1ccc(-c2ccc(-c3ccc(/C(N)=N/OC)cc3)o2)cc1.O=C(O)/C=C/C(=O)O. The van der Waals surface area contributed by atoms with Crippen LogP contribution in [0.15, 0.2) is 87.5 Å². The molecule has 0 radical (unpaired) electrons. The van der Waals surface area contributed by atoms with Crippen LogP contribution in [-0.2, 0) is 19.3 Å². The van der Waals surface area contributed by atoms with Gasteiger partial charge in [0.05, 0.1) is 0 Å². The number of amidine groups is 2. The van der Waals surface area contributed by atoms with Crippen LogP contribution >= 0.6 is 0 Å². The van der Waals surface area contributed by atoms with E-state index in [2.05, 4.69) is 20.0 Å². The van der Waals surface area contributed by atoms with Gasteiger partial charge in [-0.25, -0.2) is 9.59 Å². The molecule has 3 aromatic rings. The van der Waals surface area contributed by atoms with Crippen molar-refractivity contribution in [3.8, 4) is 22.6 Å². The summed E-state index contributed by atoms with van der Waals surface area (Å²) in [6, 6.07) is 19.0. The van der Waals surface area contributed by atoms with E-state index in [1.807, 2.05) is 60.7 Å². The number of hydrogen-bond acceptors (Lipinski definition) is 7. The Balaban J connectivity index is 0.000000466. The molecule has 1 heterocycles. The molecule has 0 saturated heterocycles. The summed E-state index contributed by atoms with van der Waals surface area (Å²) in [6.45, 7) is 0. The molecular weight excluding hydrogens is 456 g/mol. The van der Waals surface area contributed by atoms with Crippen LogP contribution in [0.25, 0.3) is 22.6 Å². The number of oxime groups is 2. The average molecular weight is 480 g/mol. The number of carbonyl (C=O) groups is 2. The van der Waals surface area contributed by atoms with E-state index in [-0.39, 0.29) is 0 Å². The maximum atomic E-state index is 9.55. The summed E-state index contributed by atoms with van der Waals surface area (Å²) < 4.78 is 5.98. The zero-order valence-corrected chi connectivity index (χ0v) is 18.9. The molecule has 0 spiro atoms. The van der Waals surface area contributed by atoms with E-state index >= 15 is 0 Å². The monoisotopic (exact) mass is 480 g/mol. The number of nitrogens with two attached hydrogens (primary N) is 2. The van der Waals surface area contributed by atoms with Gasteiger partial charge in [0.1, 0.15) is 25.7 Å². The molecule has 6 N–H and O–H groups in total. The van der Waals surface area contributed by atoms with Crippen LogP contribution in [-0.4, -0.2) is 48.0 Å². The smallest absolute Gasteiger partial charge is 0.328 e. The fourth-order valence-corrected chi connectivity index (χ4v) is 2.70. The third-order valence-corrected chi connectivity index (χ3v) is 4.28. The van der Waals surface area contributed by atoms with Gasteiger partial charge in [-0.3, -0.25) is 0 Å². The van der Waals surface area contributed by atoms with Crippen molar-refractivity contribution in [2.24, 2.45) is 21.8 Å². The van der Waals surface area contributed by atoms with Crippen molar-refractivity contribution in [1.82, 2.24) is 0 Å². The molecule has 0 saturated carbocycles. The van der Waals surface area contributed by atoms with Gasteiger partial charge in [-0.15, -0.1) is 0 Å². The number of rotatable bonds is 8. The van der Waals surface area contributed by atoms with E-state index in [0.29, 0.717) is 23.8 Å². The standard InChI is InChI=1S/C20H20N4O3.C4H4O4/c1-25-23-19(21)15-7-3-13(4-8-15)17-11-12-18(27-17)14-5-9-16(10-6-14)20(22)24-26-2;5-3(6)1-2-4(7)8/h3-12H,1-2H3,(H2,21,23)(H2,22,24);1-2H,(H,5,6)(H,7,8)/b;2-1+. The van der Waals surface area contributed by atoms with Crippen LogP contribution in [0.3, 0.4) is 0 Å². The minimum absolute atomic E-state index is 0.320. The molecule has 3 rings (SSSR count). The van der Waals surface area contributed by atoms with E-state index in [1.165, 1.54) is 14.2 Å². The first-order valence-electron chi connectivity index (χ1n) is 9.93. The van der Waals surface area contributed by atoms with Crippen LogP contribution in [0, 0.1) is 0 Å². The highest BCUT2D eigenvalue weighted by Gasteiger charge is 2.09. The number of hydrogen-bond donors (Lipinski definition) is 4. The molecular formula is C24H24N4O7. The molecule has 2 aromatic carbocycles. The fraction of sp³-hybridized carbons (Fsp3) is 0.0833. The zero-order chi connectivity index (χ0) is 25.8. The highest BCUT2D eigenvalue weighted by molar-refractivity contribution is 5.98. The Morgan fingerprint density at radius 1 is 0.714 bits per heavy atom. The second kappa shape index (κ2) is 12.8. The zero-order valence-electron chi connectivity index (χ0n) is 18.9. The molecule has 0 atom stereocenters. The van der Waals surface area contributed by atoms with E-state index in [1.54, 1.807) is 0 Å². The minimum Gasteiger partial charge on any atom is -0.478 e. The second-order valence-corrected chi connectivity index (χ2v) is 6.65. The van der Waals surface area contributed by atoms with Crippen molar-refractivity contribution in [2.45, 2.75) is 0 Å². The molecule has 0 amide bonds. The summed E-state index contributed by atoms with van der Waals surface area (Å²) in [5, 5.41) is 23.1. The Morgan fingerprint density at radius 2 is 1.06 bits per heavy atom. The van der Waals surface area contributed by atoms with E-state index in [4.69, 9.17) is 26.1 Å². The molecule has 11 nitrogen and oxygen atoms in total. The summed E-state index contributed by atoms with van der Waals surface area (Å²) >= 11 is 0. The van der Waals surface area contributed by atoms with Crippen molar-refractivity contribution >= 4 is 23.6 Å². The second-order valence-electron chi connectivity index (χ2n) is 6.65. The number of benzene rings is 2. The Kier molecular flexibility index (Phi) is 9.61. The largest absolute Gasteiger partial charge is 0.478 e. The normalized spacial score (nSPS) is 11.5. The number of furan rings is 1. The van der Waals surface area contributed by atoms with Crippen LogP contribution in [0.4, 0.5) is 0 Å². The average Bonchev–Trinajstić information content (AvgIpc) is 3.34. The molecule has 0 unspecified atom stereocenters. The summed E-state index contributed by atoms with van der Waals surface area (Å²) in [5.74, 6) is -0.368. The van der Waals surface area contributed by atoms with Gasteiger partial charge in [0, 0.05) is 34.4 Å². The number of aliphatic carboxylic acids is 2. The van der Waals surface area contributed by atoms with Crippen LogP contribution < -0.4 is 11.5 Å². The first-order valence-corrected chi connectivity index (χ1v) is 9.93. The summed E-state index contributed by atoms with van der Waals surface area (Å²) in [4.78, 5) is 28.5. The van der Waals surface area contributed by atoms with E-state index in [0.717, 1.165) is 33.8 Å². The van der Waals surface area contributed by atoms with Crippen LogP contribution in [0.1, 0.15) is 11.1 Å². The topological polar surface area (TPSA) is 183 Å². The fourth-order valence-electron chi connectivity index (χ4n) is 2.70. The van der Waals surface area contributed by atoms with Crippen molar-refractivity contribution in [3.63, 3.8) is 0 Å². The number of carboxylic acids is 2. The first kappa shape index (κ1) is 26.2. The maximum Gasteiger partial charge on any atom is 0.328 e. The van der Waals surface area contributed by atoms with Crippen molar-refractivity contribution in [3.05, 3.63) is 83.9 Å². The predicted molar refractivity (Wildman–Crippen MR) is 129 cm³/mol.